The zero-order valence-electron chi connectivity index (χ0n) is 16.1. The Labute approximate surface area is 174 Å². The van der Waals surface area contributed by atoms with Gasteiger partial charge in [0, 0.05) is 10.7 Å². The molecule has 0 atom stereocenters. The van der Waals surface area contributed by atoms with Crippen LogP contribution in [0.5, 0.6) is 0 Å². The minimum absolute atomic E-state index is 0.254. The van der Waals surface area contributed by atoms with Crippen molar-refractivity contribution in [3.63, 3.8) is 0 Å². The molecule has 1 aliphatic rings. The summed E-state index contributed by atoms with van der Waals surface area (Å²) in [5.74, 6) is -0.734. The van der Waals surface area contributed by atoms with Gasteiger partial charge in [0.1, 0.15) is 5.70 Å². The van der Waals surface area contributed by atoms with E-state index in [0.717, 1.165) is 16.8 Å². The van der Waals surface area contributed by atoms with Gasteiger partial charge < -0.3 is 5.32 Å². The van der Waals surface area contributed by atoms with Crippen molar-refractivity contribution >= 4 is 40.4 Å². The standard InChI is InChI=1S/C24H19ClN2O2/c1-15-7-6-10-20(16(15)2)27-23(28)21(17-11-13-18(25)14-12-17)22(24(27)29)26-19-8-4-3-5-9-19/h3-14,26H,1-2H3. The van der Waals surface area contributed by atoms with E-state index in [0.29, 0.717) is 21.8 Å². The lowest BCUT2D eigenvalue weighted by Crippen LogP contribution is -2.33. The van der Waals surface area contributed by atoms with Crippen LogP contribution in [0.15, 0.2) is 78.5 Å². The van der Waals surface area contributed by atoms with Crippen molar-refractivity contribution in [2.45, 2.75) is 13.8 Å². The van der Waals surface area contributed by atoms with Crippen LogP contribution in [0.4, 0.5) is 11.4 Å². The second-order valence-electron chi connectivity index (χ2n) is 6.91. The van der Waals surface area contributed by atoms with Crippen molar-refractivity contribution in [2.75, 3.05) is 10.2 Å². The number of para-hydroxylation sites is 1. The molecule has 0 unspecified atom stereocenters. The van der Waals surface area contributed by atoms with Gasteiger partial charge in [0.2, 0.25) is 0 Å². The minimum atomic E-state index is -0.377. The average molecular weight is 403 g/mol. The highest BCUT2D eigenvalue weighted by atomic mass is 35.5. The lowest BCUT2D eigenvalue weighted by Gasteiger charge is -2.19. The predicted octanol–water partition coefficient (Wildman–Crippen LogP) is 5.35. The smallest absolute Gasteiger partial charge is 0.282 e. The minimum Gasteiger partial charge on any atom is -0.350 e. The number of anilines is 2. The average Bonchev–Trinajstić information content (AvgIpc) is 2.96. The van der Waals surface area contributed by atoms with Gasteiger partial charge in [-0.1, -0.05) is 54.1 Å². The molecule has 3 aromatic rings. The van der Waals surface area contributed by atoms with Crippen molar-refractivity contribution < 1.29 is 9.59 Å². The Balaban J connectivity index is 1.85. The molecule has 4 nitrogen and oxygen atoms in total. The van der Waals surface area contributed by atoms with Crippen LogP contribution in [0.2, 0.25) is 5.02 Å². The number of hydrogen-bond acceptors (Lipinski definition) is 3. The number of aryl methyl sites for hydroxylation is 1. The number of nitrogens with zero attached hydrogens (tertiary/aromatic N) is 1. The Morgan fingerprint density at radius 2 is 1.48 bits per heavy atom. The fourth-order valence-corrected chi connectivity index (χ4v) is 3.52. The van der Waals surface area contributed by atoms with Crippen LogP contribution in [0.3, 0.4) is 0 Å². The molecule has 0 aromatic heterocycles. The van der Waals surface area contributed by atoms with Gasteiger partial charge in [0.15, 0.2) is 0 Å². The molecule has 0 bridgehead atoms. The van der Waals surface area contributed by atoms with Crippen molar-refractivity contribution in [3.8, 4) is 0 Å². The maximum absolute atomic E-state index is 13.4. The number of benzene rings is 3. The van der Waals surface area contributed by atoms with Gasteiger partial charge in [0.05, 0.1) is 11.3 Å². The van der Waals surface area contributed by atoms with Crippen LogP contribution in [-0.4, -0.2) is 11.8 Å². The lowest BCUT2D eigenvalue weighted by atomic mass is 10.0. The van der Waals surface area contributed by atoms with Crippen molar-refractivity contribution in [3.05, 3.63) is 100 Å². The molecule has 0 fully saturated rings. The lowest BCUT2D eigenvalue weighted by molar-refractivity contribution is -0.120. The first-order valence-electron chi connectivity index (χ1n) is 9.24. The first-order valence-corrected chi connectivity index (χ1v) is 9.62. The van der Waals surface area contributed by atoms with Crippen LogP contribution < -0.4 is 10.2 Å². The number of imide groups is 1. The van der Waals surface area contributed by atoms with Crippen molar-refractivity contribution in [1.29, 1.82) is 0 Å². The van der Waals surface area contributed by atoms with Gasteiger partial charge >= 0.3 is 0 Å². The second kappa shape index (κ2) is 7.57. The van der Waals surface area contributed by atoms with Gasteiger partial charge in [-0.3, -0.25) is 9.59 Å². The first kappa shape index (κ1) is 19.0. The summed E-state index contributed by atoms with van der Waals surface area (Å²) < 4.78 is 0. The second-order valence-corrected chi connectivity index (χ2v) is 7.35. The third-order valence-electron chi connectivity index (χ3n) is 5.08. The molecule has 1 heterocycles. The van der Waals surface area contributed by atoms with Gasteiger partial charge in [-0.05, 0) is 60.9 Å². The summed E-state index contributed by atoms with van der Waals surface area (Å²) in [4.78, 5) is 28.1. The van der Waals surface area contributed by atoms with E-state index >= 15 is 0 Å². The number of hydrogen-bond donors (Lipinski definition) is 1. The molecule has 3 aromatic carbocycles. The fraction of sp³-hybridized carbons (Fsp3) is 0.0833. The van der Waals surface area contributed by atoms with Crippen molar-refractivity contribution in [2.24, 2.45) is 0 Å². The summed E-state index contributed by atoms with van der Waals surface area (Å²) in [6.45, 7) is 3.87. The van der Waals surface area contributed by atoms with E-state index in [4.69, 9.17) is 11.6 Å². The van der Waals surface area contributed by atoms with E-state index in [9.17, 15) is 9.59 Å². The molecule has 4 rings (SSSR count). The zero-order chi connectivity index (χ0) is 20.5. The molecule has 5 heteroatoms. The molecule has 0 saturated carbocycles. The maximum atomic E-state index is 13.4. The summed E-state index contributed by atoms with van der Waals surface area (Å²) in [5, 5.41) is 3.72. The number of carbonyl (C=O) groups excluding carboxylic acids is 2. The van der Waals surface area contributed by atoms with E-state index in [-0.39, 0.29) is 17.5 Å². The number of carbonyl (C=O) groups is 2. The Hall–Kier alpha value is -3.37. The molecule has 2 amide bonds. The maximum Gasteiger partial charge on any atom is 0.282 e. The topological polar surface area (TPSA) is 49.4 Å². The Bertz CT molecular complexity index is 1140. The van der Waals surface area contributed by atoms with E-state index < -0.39 is 0 Å². The predicted molar refractivity (Wildman–Crippen MR) is 117 cm³/mol. The zero-order valence-corrected chi connectivity index (χ0v) is 16.8. The van der Waals surface area contributed by atoms with Crippen LogP contribution >= 0.6 is 11.6 Å². The van der Waals surface area contributed by atoms with E-state index in [2.05, 4.69) is 5.32 Å². The summed E-state index contributed by atoms with van der Waals surface area (Å²) in [6, 6.07) is 21.9. The van der Waals surface area contributed by atoms with Gasteiger partial charge in [-0.15, -0.1) is 0 Å². The third-order valence-corrected chi connectivity index (χ3v) is 5.33. The molecule has 0 radical (unpaired) electrons. The quantitative estimate of drug-likeness (QED) is 0.598. The van der Waals surface area contributed by atoms with Crippen molar-refractivity contribution in [1.82, 2.24) is 0 Å². The fourth-order valence-electron chi connectivity index (χ4n) is 3.39. The SMILES string of the molecule is Cc1cccc(N2C(=O)C(Nc3ccccc3)=C(c3ccc(Cl)cc3)C2=O)c1C. The summed E-state index contributed by atoms with van der Waals surface area (Å²) in [7, 11) is 0. The van der Waals surface area contributed by atoms with Crippen LogP contribution in [0, 0.1) is 13.8 Å². The van der Waals surface area contributed by atoms with Gasteiger partial charge in [-0.2, -0.15) is 0 Å². The van der Waals surface area contributed by atoms with Gasteiger partial charge in [-0.25, -0.2) is 4.90 Å². The van der Waals surface area contributed by atoms with E-state index in [1.807, 2.05) is 56.3 Å². The number of halogens is 1. The van der Waals surface area contributed by atoms with Gasteiger partial charge in [0.25, 0.3) is 11.8 Å². The van der Waals surface area contributed by atoms with E-state index in [1.54, 1.807) is 30.3 Å². The monoisotopic (exact) mass is 402 g/mol. The summed E-state index contributed by atoms with van der Waals surface area (Å²) in [6.07, 6.45) is 0. The first-order chi connectivity index (χ1) is 14.0. The number of amides is 2. The molecule has 0 saturated heterocycles. The molecule has 0 spiro atoms. The molecule has 1 N–H and O–H groups in total. The largest absolute Gasteiger partial charge is 0.350 e. The molecule has 144 valence electrons. The van der Waals surface area contributed by atoms with Crippen LogP contribution in [0.1, 0.15) is 16.7 Å². The molecular weight excluding hydrogens is 384 g/mol. The van der Waals surface area contributed by atoms with Crippen LogP contribution in [0.25, 0.3) is 5.57 Å². The molecule has 29 heavy (non-hydrogen) atoms. The molecular formula is C24H19ClN2O2. The highest BCUT2D eigenvalue weighted by Crippen LogP contribution is 2.36. The van der Waals surface area contributed by atoms with E-state index in [1.165, 1.54) is 4.90 Å². The Kier molecular flexibility index (Phi) is 4.95. The highest BCUT2D eigenvalue weighted by Gasteiger charge is 2.40. The molecule has 1 aliphatic heterocycles. The Morgan fingerprint density at radius 3 is 2.17 bits per heavy atom. The number of nitrogens with one attached hydrogen (secondary N) is 1. The normalized spacial score (nSPS) is 14.0. The van der Waals surface area contributed by atoms with Crippen LogP contribution in [-0.2, 0) is 9.59 Å². The summed E-state index contributed by atoms with van der Waals surface area (Å²) in [5.41, 5.74) is 4.46. The summed E-state index contributed by atoms with van der Waals surface area (Å²) >= 11 is 6.02. The third kappa shape index (κ3) is 3.43. The Morgan fingerprint density at radius 1 is 0.793 bits per heavy atom. The number of rotatable bonds is 4. The highest BCUT2D eigenvalue weighted by molar-refractivity contribution is 6.46. The molecule has 0 aliphatic carbocycles.